The van der Waals surface area contributed by atoms with Gasteiger partial charge in [-0.15, -0.1) is 0 Å². The van der Waals surface area contributed by atoms with E-state index in [1.54, 1.807) is 32.9 Å². The number of hydrogen-bond acceptors (Lipinski definition) is 10. The average Bonchev–Trinajstić information content (AvgIpc) is 2.93. The molecule has 0 radical (unpaired) electrons. The topological polar surface area (TPSA) is 242 Å². The molecule has 8 N–H and O–H groups in total. The number of carbonyl (C=O) groups excluding carboxylic acids is 5. The van der Waals surface area contributed by atoms with Gasteiger partial charge in [-0.2, -0.15) is 0 Å². The van der Waals surface area contributed by atoms with Crippen molar-refractivity contribution < 1.29 is 43.3 Å². The van der Waals surface area contributed by atoms with Crippen LogP contribution in [0, 0.1) is 0 Å². The third-order valence-electron chi connectivity index (χ3n) is 6.42. The number of carbonyl (C=O) groups is 6. The highest BCUT2D eigenvalue weighted by Crippen LogP contribution is 2.16. The number of rotatable bonds is 15. The van der Waals surface area contributed by atoms with E-state index in [1.807, 2.05) is 0 Å². The zero-order chi connectivity index (χ0) is 32.2. The Labute approximate surface area is 249 Å². The molecule has 0 spiro atoms. The van der Waals surface area contributed by atoms with Crippen molar-refractivity contribution in [2.75, 3.05) is 6.61 Å². The lowest BCUT2D eigenvalue weighted by atomic mass is 10.0. The molecule has 15 heteroatoms. The molecule has 0 aromatic carbocycles. The third kappa shape index (κ3) is 12.7. The smallest absolute Gasteiger partial charge is 0.326 e. The van der Waals surface area contributed by atoms with Crippen LogP contribution in [-0.2, 0) is 44.7 Å². The number of hydrogen-bond donors (Lipinski definition) is 6. The third-order valence-corrected chi connectivity index (χ3v) is 6.42. The zero-order valence-electron chi connectivity index (χ0n) is 24.7. The second-order valence-corrected chi connectivity index (χ2v) is 11.3. The molecule has 238 valence electrons. The first-order chi connectivity index (χ1) is 20.2. The standard InChI is InChI=1S/C28H42N6O9/c1-28(2,3)43-22(36)10-9-17(32-26(39)23(30)20-8-4-5-12-42-20)24(37)33-18(14-21(29)35)25(38)34-19(27(40)41)13-16-7-6-11-31-15-16/h6-7,11,15,17-20,23H,4-5,8-10,12-14,30H2,1-3H3,(H2,29,35)(H,32,39)(H,33,37)(H,34,38)(H,40,41)/t17-,18-,19-,20?,23?/m0/s1. The number of nitrogens with one attached hydrogen (secondary N) is 3. The van der Waals surface area contributed by atoms with Crippen LogP contribution in [0.5, 0.6) is 0 Å². The Morgan fingerprint density at radius 1 is 1.05 bits per heavy atom. The Hall–Kier alpha value is -4.11. The van der Waals surface area contributed by atoms with Crippen molar-refractivity contribution in [3.63, 3.8) is 0 Å². The lowest BCUT2D eigenvalue weighted by Gasteiger charge is -2.29. The van der Waals surface area contributed by atoms with Crippen molar-refractivity contribution >= 4 is 35.6 Å². The molecule has 0 bridgehead atoms. The molecule has 2 unspecified atom stereocenters. The number of esters is 1. The van der Waals surface area contributed by atoms with Gasteiger partial charge in [-0.25, -0.2) is 4.79 Å². The summed E-state index contributed by atoms with van der Waals surface area (Å²) in [5.74, 6) is -5.57. The van der Waals surface area contributed by atoms with E-state index in [0.717, 1.165) is 12.8 Å². The van der Waals surface area contributed by atoms with E-state index in [9.17, 15) is 33.9 Å². The number of carboxylic acid groups (broad SMARTS) is 1. The molecule has 0 aliphatic carbocycles. The largest absolute Gasteiger partial charge is 0.480 e. The molecule has 2 heterocycles. The number of pyridine rings is 1. The fourth-order valence-corrected chi connectivity index (χ4v) is 4.32. The first-order valence-corrected chi connectivity index (χ1v) is 14.1. The maximum absolute atomic E-state index is 13.4. The molecule has 2 rings (SSSR count). The second kappa shape index (κ2) is 16.5. The van der Waals surface area contributed by atoms with Crippen LogP contribution in [0.3, 0.4) is 0 Å². The van der Waals surface area contributed by atoms with Gasteiger partial charge < -0.3 is 42.0 Å². The van der Waals surface area contributed by atoms with Gasteiger partial charge in [0.2, 0.25) is 23.6 Å². The van der Waals surface area contributed by atoms with E-state index in [2.05, 4.69) is 20.9 Å². The first kappa shape index (κ1) is 35.1. The Kier molecular flexibility index (Phi) is 13.5. The maximum Gasteiger partial charge on any atom is 0.326 e. The van der Waals surface area contributed by atoms with E-state index in [1.165, 1.54) is 12.4 Å². The number of nitrogens with two attached hydrogens (primary N) is 2. The van der Waals surface area contributed by atoms with Gasteiger partial charge in [0, 0.05) is 31.8 Å². The lowest BCUT2D eigenvalue weighted by molar-refractivity contribution is -0.155. The van der Waals surface area contributed by atoms with Crippen LogP contribution >= 0.6 is 0 Å². The second-order valence-electron chi connectivity index (χ2n) is 11.3. The number of aromatic nitrogens is 1. The molecule has 43 heavy (non-hydrogen) atoms. The van der Waals surface area contributed by atoms with Crippen LogP contribution in [0.2, 0.25) is 0 Å². The highest BCUT2D eigenvalue weighted by Gasteiger charge is 2.34. The SMILES string of the molecule is CC(C)(C)OC(=O)CC[C@H](NC(=O)C(N)C1CCCCO1)C(=O)N[C@@H](CC(N)=O)C(=O)N[C@@H](Cc1cccnc1)C(=O)O. The molecule has 1 saturated heterocycles. The van der Waals surface area contributed by atoms with Crippen LogP contribution < -0.4 is 27.4 Å². The molecule has 1 aliphatic rings. The summed E-state index contributed by atoms with van der Waals surface area (Å²) in [5.41, 5.74) is 11.1. The lowest BCUT2D eigenvalue weighted by Crippen LogP contribution is -2.59. The molecule has 1 fully saturated rings. The van der Waals surface area contributed by atoms with Gasteiger partial charge in [0.1, 0.15) is 29.8 Å². The maximum atomic E-state index is 13.4. The molecule has 1 aliphatic heterocycles. The molecular formula is C28H42N6O9. The van der Waals surface area contributed by atoms with E-state index in [-0.39, 0.29) is 19.3 Å². The van der Waals surface area contributed by atoms with Gasteiger partial charge in [0.15, 0.2) is 0 Å². The summed E-state index contributed by atoms with van der Waals surface area (Å²) >= 11 is 0. The Bertz CT molecular complexity index is 1140. The fourth-order valence-electron chi connectivity index (χ4n) is 4.32. The van der Waals surface area contributed by atoms with Crippen molar-refractivity contribution in [2.45, 2.75) is 102 Å². The van der Waals surface area contributed by atoms with Crippen molar-refractivity contribution in [3.05, 3.63) is 30.1 Å². The summed E-state index contributed by atoms with van der Waals surface area (Å²) in [5, 5.41) is 16.8. The minimum absolute atomic E-state index is 0.123. The average molecular weight is 607 g/mol. The number of ether oxygens (including phenoxy) is 2. The van der Waals surface area contributed by atoms with E-state index >= 15 is 0 Å². The molecular weight excluding hydrogens is 564 g/mol. The predicted molar refractivity (Wildman–Crippen MR) is 152 cm³/mol. The van der Waals surface area contributed by atoms with Gasteiger partial charge in [-0.1, -0.05) is 6.07 Å². The highest BCUT2D eigenvalue weighted by molar-refractivity contribution is 5.96. The van der Waals surface area contributed by atoms with Crippen LogP contribution in [-0.4, -0.2) is 88.1 Å². The van der Waals surface area contributed by atoms with Gasteiger partial charge in [0.25, 0.3) is 0 Å². The number of nitrogens with zero attached hydrogens (tertiary/aromatic N) is 1. The Morgan fingerprint density at radius 2 is 1.70 bits per heavy atom. The summed E-state index contributed by atoms with van der Waals surface area (Å²) in [6.07, 6.45) is 3.28. The summed E-state index contributed by atoms with van der Waals surface area (Å²) < 4.78 is 10.9. The van der Waals surface area contributed by atoms with Crippen LogP contribution in [0.4, 0.5) is 0 Å². The van der Waals surface area contributed by atoms with Gasteiger partial charge >= 0.3 is 11.9 Å². The number of amides is 4. The number of primary amides is 1. The van der Waals surface area contributed by atoms with Crippen LogP contribution in [0.25, 0.3) is 0 Å². The van der Waals surface area contributed by atoms with E-state index in [0.29, 0.717) is 18.6 Å². The molecule has 0 saturated carbocycles. The molecule has 15 nitrogen and oxygen atoms in total. The summed E-state index contributed by atoms with van der Waals surface area (Å²) in [7, 11) is 0. The molecule has 1 aromatic rings. The molecule has 5 atom stereocenters. The van der Waals surface area contributed by atoms with Crippen molar-refractivity contribution in [1.82, 2.24) is 20.9 Å². The Balaban J connectivity index is 2.20. The summed E-state index contributed by atoms with van der Waals surface area (Å²) in [6.45, 7) is 5.46. The van der Waals surface area contributed by atoms with Gasteiger partial charge in [0.05, 0.1) is 12.5 Å². The number of carboxylic acids is 1. The number of aliphatic carboxylic acids is 1. The van der Waals surface area contributed by atoms with Gasteiger partial charge in [-0.3, -0.25) is 29.0 Å². The van der Waals surface area contributed by atoms with Crippen LogP contribution in [0.1, 0.15) is 64.9 Å². The van der Waals surface area contributed by atoms with Gasteiger partial charge in [-0.05, 0) is 58.1 Å². The minimum Gasteiger partial charge on any atom is -0.480 e. The highest BCUT2D eigenvalue weighted by atomic mass is 16.6. The molecule has 4 amide bonds. The van der Waals surface area contributed by atoms with E-state index in [4.69, 9.17) is 20.9 Å². The summed E-state index contributed by atoms with van der Waals surface area (Å²) in [6, 6.07) is -2.26. The predicted octanol–water partition coefficient (Wildman–Crippen LogP) is -0.943. The van der Waals surface area contributed by atoms with Crippen LogP contribution in [0.15, 0.2) is 24.5 Å². The molecule has 1 aromatic heterocycles. The fraction of sp³-hybridized carbons (Fsp3) is 0.607. The van der Waals surface area contributed by atoms with Crippen molar-refractivity contribution in [2.24, 2.45) is 11.5 Å². The zero-order valence-corrected chi connectivity index (χ0v) is 24.7. The minimum atomic E-state index is -1.59. The van der Waals surface area contributed by atoms with Crippen molar-refractivity contribution in [1.29, 1.82) is 0 Å². The monoisotopic (exact) mass is 606 g/mol. The Morgan fingerprint density at radius 3 is 2.26 bits per heavy atom. The summed E-state index contributed by atoms with van der Waals surface area (Å²) in [4.78, 5) is 79.4. The first-order valence-electron chi connectivity index (χ1n) is 14.1. The normalized spacial score (nSPS) is 17.8. The van der Waals surface area contributed by atoms with Crippen molar-refractivity contribution in [3.8, 4) is 0 Å². The van der Waals surface area contributed by atoms with E-state index < -0.39 is 77.9 Å². The quantitative estimate of drug-likeness (QED) is 0.133.